The lowest BCUT2D eigenvalue weighted by Gasteiger charge is -2.14. The summed E-state index contributed by atoms with van der Waals surface area (Å²) >= 11 is 0. The maximum atomic E-state index is 12.8. The molecule has 0 atom stereocenters. The molecule has 1 rings (SSSR count). The molecule has 0 radical (unpaired) electrons. The summed E-state index contributed by atoms with van der Waals surface area (Å²) < 4.78 is 82.3. The first-order valence-electron chi connectivity index (χ1n) is 5.68. The van der Waals surface area contributed by atoms with Crippen LogP contribution in [0.1, 0.15) is 18.2 Å². The molecular formula is C11H9F6NO4. The third-order valence-electron chi connectivity index (χ3n) is 2.22. The molecule has 5 nitrogen and oxygen atoms in total. The minimum absolute atomic E-state index is 0.00493. The second-order valence-electron chi connectivity index (χ2n) is 3.88. The number of carbonyl (C=O) groups is 1. The van der Waals surface area contributed by atoms with E-state index < -0.39 is 47.5 Å². The number of hydrogen-bond donors (Lipinski definition) is 1. The molecule has 0 spiro atoms. The predicted molar refractivity (Wildman–Crippen MR) is 59.1 cm³/mol. The first kappa shape index (κ1) is 17.9. The van der Waals surface area contributed by atoms with Gasteiger partial charge in [0.2, 0.25) is 5.88 Å². The molecule has 0 unspecified atom stereocenters. The van der Waals surface area contributed by atoms with Gasteiger partial charge in [0.25, 0.3) is 0 Å². The van der Waals surface area contributed by atoms with Crippen LogP contribution in [-0.4, -0.2) is 23.9 Å². The number of nitrogens with one attached hydrogen (secondary N) is 1. The van der Waals surface area contributed by atoms with Crippen molar-refractivity contribution in [1.82, 2.24) is 4.98 Å². The van der Waals surface area contributed by atoms with E-state index in [0.29, 0.717) is 0 Å². The van der Waals surface area contributed by atoms with E-state index in [-0.39, 0.29) is 12.7 Å². The van der Waals surface area contributed by atoms with Crippen molar-refractivity contribution < 1.29 is 40.6 Å². The summed E-state index contributed by atoms with van der Waals surface area (Å²) in [6.45, 7) is 1.23. The molecule has 22 heavy (non-hydrogen) atoms. The Hall–Kier alpha value is -2.20. The molecule has 0 aromatic carbocycles. The minimum Gasteiger partial charge on any atom is -0.466 e. The molecule has 1 heterocycles. The molecule has 0 aliphatic heterocycles. The molecule has 124 valence electrons. The van der Waals surface area contributed by atoms with Crippen molar-refractivity contribution >= 4 is 5.97 Å². The normalized spacial score (nSPS) is 12.1. The Morgan fingerprint density at radius 3 is 2.27 bits per heavy atom. The third-order valence-corrected chi connectivity index (χ3v) is 2.22. The van der Waals surface area contributed by atoms with E-state index in [1.54, 1.807) is 4.98 Å². The Morgan fingerprint density at radius 1 is 1.23 bits per heavy atom. The molecule has 0 bridgehead atoms. The van der Waals surface area contributed by atoms with E-state index in [2.05, 4.69) is 9.47 Å². The summed E-state index contributed by atoms with van der Waals surface area (Å²) in [5.41, 5.74) is -4.61. The number of carbonyl (C=O) groups excluding carboxylic acids is 1. The van der Waals surface area contributed by atoms with E-state index in [4.69, 9.17) is 0 Å². The molecule has 0 aliphatic carbocycles. The third kappa shape index (κ3) is 4.97. The van der Waals surface area contributed by atoms with Gasteiger partial charge in [-0.2, -0.15) is 13.2 Å². The van der Waals surface area contributed by atoms with E-state index in [0.717, 1.165) is 0 Å². The van der Waals surface area contributed by atoms with Crippen LogP contribution in [0.5, 0.6) is 5.88 Å². The molecule has 0 fully saturated rings. The Bertz CT molecular complexity index is 604. The number of alkyl halides is 6. The van der Waals surface area contributed by atoms with Crippen molar-refractivity contribution in [2.45, 2.75) is 25.9 Å². The van der Waals surface area contributed by atoms with Crippen molar-refractivity contribution in [3.8, 4) is 5.88 Å². The highest BCUT2D eigenvalue weighted by atomic mass is 19.4. The van der Waals surface area contributed by atoms with Crippen molar-refractivity contribution in [2.75, 3.05) is 6.61 Å². The lowest BCUT2D eigenvalue weighted by molar-refractivity contribution is -0.276. The van der Waals surface area contributed by atoms with Crippen molar-refractivity contribution in [1.29, 1.82) is 0 Å². The Morgan fingerprint density at radius 2 is 1.82 bits per heavy atom. The first-order valence-corrected chi connectivity index (χ1v) is 5.68. The van der Waals surface area contributed by atoms with Crippen LogP contribution in [0.3, 0.4) is 0 Å². The van der Waals surface area contributed by atoms with E-state index in [9.17, 15) is 35.9 Å². The number of aromatic amines is 1. The number of esters is 1. The number of pyridine rings is 1. The largest absolute Gasteiger partial charge is 0.574 e. The van der Waals surface area contributed by atoms with Crippen molar-refractivity contribution in [2.24, 2.45) is 0 Å². The summed E-state index contributed by atoms with van der Waals surface area (Å²) in [5.74, 6) is -2.40. The zero-order valence-electron chi connectivity index (χ0n) is 10.9. The number of hydrogen-bond acceptors (Lipinski definition) is 4. The first-order chi connectivity index (χ1) is 9.94. The molecule has 0 amide bonds. The molecule has 1 aromatic heterocycles. The average Bonchev–Trinajstić information content (AvgIpc) is 2.23. The fraction of sp³-hybridized carbons (Fsp3) is 0.455. The number of H-pyrrole nitrogens is 1. The van der Waals surface area contributed by atoms with Crippen LogP contribution < -0.4 is 10.2 Å². The van der Waals surface area contributed by atoms with Gasteiger partial charge in [-0.1, -0.05) is 0 Å². The second kappa shape index (κ2) is 6.28. The van der Waals surface area contributed by atoms with E-state index >= 15 is 0 Å². The minimum atomic E-state index is -5.22. The van der Waals surface area contributed by atoms with Crippen LogP contribution in [0.4, 0.5) is 26.3 Å². The van der Waals surface area contributed by atoms with Crippen molar-refractivity contribution in [3.05, 3.63) is 27.5 Å². The lowest BCUT2D eigenvalue weighted by Crippen LogP contribution is -2.27. The smallest absolute Gasteiger partial charge is 0.466 e. The fourth-order valence-electron chi connectivity index (χ4n) is 1.57. The standard InChI is InChI=1S/C11H9F6NO4/c1-2-21-8(20)3-5-9(10(12,13)14)6(19)4-7(18-5)22-11(15,16)17/h4H,2-3H2,1H3,(H,18,19). The Kier molecular flexibility index (Phi) is 5.09. The van der Waals surface area contributed by atoms with Crippen LogP contribution in [0.25, 0.3) is 0 Å². The maximum Gasteiger partial charge on any atom is 0.574 e. The van der Waals surface area contributed by atoms with E-state index in [1.807, 2.05) is 0 Å². The van der Waals surface area contributed by atoms with Gasteiger partial charge in [0, 0.05) is 11.8 Å². The molecule has 1 aromatic rings. The number of rotatable bonds is 4. The van der Waals surface area contributed by atoms with Crippen LogP contribution in [0, 0.1) is 0 Å². The summed E-state index contributed by atoms with van der Waals surface area (Å²) in [7, 11) is 0. The monoisotopic (exact) mass is 333 g/mol. The average molecular weight is 333 g/mol. The highest BCUT2D eigenvalue weighted by Crippen LogP contribution is 2.30. The molecule has 0 aliphatic rings. The van der Waals surface area contributed by atoms with Crippen LogP contribution in [-0.2, 0) is 22.1 Å². The Labute approximate surface area is 118 Å². The van der Waals surface area contributed by atoms with Crippen molar-refractivity contribution in [3.63, 3.8) is 0 Å². The summed E-state index contributed by atoms with van der Waals surface area (Å²) in [4.78, 5) is 24.3. The molecule has 0 saturated heterocycles. The summed E-state index contributed by atoms with van der Waals surface area (Å²) in [5, 5.41) is 0. The molecule has 1 N–H and O–H groups in total. The molecular weight excluding hydrogens is 324 g/mol. The van der Waals surface area contributed by atoms with Gasteiger partial charge in [-0.05, 0) is 6.92 Å². The number of aromatic nitrogens is 1. The van der Waals surface area contributed by atoms with Gasteiger partial charge >= 0.3 is 18.5 Å². The molecule has 11 heteroatoms. The fourth-order valence-corrected chi connectivity index (χ4v) is 1.57. The SMILES string of the molecule is CCOC(=O)Cc1[nH]c(OC(F)(F)F)cc(=O)c1C(F)(F)F. The second-order valence-corrected chi connectivity index (χ2v) is 3.88. The maximum absolute atomic E-state index is 12.8. The number of ether oxygens (including phenoxy) is 2. The van der Waals surface area contributed by atoms with E-state index in [1.165, 1.54) is 6.92 Å². The summed E-state index contributed by atoms with van der Waals surface area (Å²) in [6.07, 6.45) is -11.4. The van der Waals surface area contributed by atoms with Gasteiger partial charge in [0.05, 0.1) is 13.0 Å². The van der Waals surface area contributed by atoms with Crippen LogP contribution in [0.2, 0.25) is 0 Å². The zero-order chi connectivity index (χ0) is 17.1. The van der Waals surface area contributed by atoms with Gasteiger partial charge in [0.15, 0.2) is 5.43 Å². The van der Waals surface area contributed by atoms with Crippen LogP contribution in [0.15, 0.2) is 10.9 Å². The molecule has 0 saturated carbocycles. The Balaban J connectivity index is 3.34. The number of halogens is 6. The lowest BCUT2D eigenvalue weighted by atomic mass is 10.1. The topological polar surface area (TPSA) is 68.4 Å². The van der Waals surface area contributed by atoms with Gasteiger partial charge in [-0.3, -0.25) is 9.59 Å². The highest BCUT2D eigenvalue weighted by Gasteiger charge is 2.39. The van der Waals surface area contributed by atoms with Gasteiger partial charge in [0.1, 0.15) is 5.56 Å². The quantitative estimate of drug-likeness (QED) is 0.679. The predicted octanol–water partition coefficient (Wildman–Crippen LogP) is 2.40. The highest BCUT2D eigenvalue weighted by molar-refractivity contribution is 5.72. The van der Waals surface area contributed by atoms with Gasteiger partial charge < -0.3 is 14.5 Å². The van der Waals surface area contributed by atoms with Gasteiger partial charge in [-0.25, -0.2) is 0 Å². The zero-order valence-corrected chi connectivity index (χ0v) is 10.9. The van der Waals surface area contributed by atoms with Gasteiger partial charge in [-0.15, -0.1) is 13.2 Å². The summed E-state index contributed by atoms with van der Waals surface area (Å²) in [6, 6.07) is 0.00493. The van der Waals surface area contributed by atoms with Crippen LogP contribution >= 0.6 is 0 Å².